The van der Waals surface area contributed by atoms with Crippen LogP contribution in [0.1, 0.15) is 22.3 Å². The van der Waals surface area contributed by atoms with Gasteiger partial charge >= 0.3 is 29.9 Å². The van der Waals surface area contributed by atoms with Gasteiger partial charge in [0.25, 0.3) is 0 Å². The third-order valence-electron chi connectivity index (χ3n) is 3.11. The van der Waals surface area contributed by atoms with Gasteiger partial charge < -0.3 is 4.74 Å². The summed E-state index contributed by atoms with van der Waals surface area (Å²) < 4.78 is 5.49. The van der Waals surface area contributed by atoms with Crippen molar-refractivity contribution in [3.8, 4) is 5.75 Å². The first kappa shape index (κ1) is 18.0. The van der Waals surface area contributed by atoms with Crippen LogP contribution in [0.3, 0.4) is 0 Å². The molecule has 0 aliphatic carbocycles. The first-order chi connectivity index (χ1) is 9.47. The molecule has 4 heteroatoms. The molecule has 0 heterocycles. The quantitative estimate of drug-likeness (QED) is 0.441. The summed E-state index contributed by atoms with van der Waals surface area (Å²) in [7, 11) is 0. The zero-order valence-corrected chi connectivity index (χ0v) is 17.4. The molecule has 0 saturated heterocycles. The summed E-state index contributed by atoms with van der Waals surface area (Å²) >= 11 is 6.05. The summed E-state index contributed by atoms with van der Waals surface area (Å²) in [6.07, 6.45) is 0.173. The Bertz CT molecular complexity index is 630. The molecule has 0 unspecified atom stereocenters. The van der Waals surface area contributed by atoms with E-state index in [0.29, 0.717) is 10.8 Å². The Hall–Kier alpha value is -1.00. The Balaban J connectivity index is 0.00000220. The molecule has 2 aromatic carbocycles. The maximum absolute atomic E-state index is 12.0. The second kappa shape index (κ2) is 7.85. The van der Waals surface area contributed by atoms with Gasteiger partial charge in [-0.25, -0.2) is 0 Å². The minimum atomic E-state index is -0.298. The van der Waals surface area contributed by atoms with E-state index in [-0.39, 0.29) is 36.3 Å². The first-order valence-electron chi connectivity index (χ1n) is 6.49. The molecule has 2 radical (unpaired) electrons. The number of esters is 1. The average molecular weight is 410 g/mol. The molecule has 0 aliphatic rings. The molecule has 2 rings (SSSR count). The van der Waals surface area contributed by atoms with Crippen LogP contribution >= 0.6 is 11.6 Å². The third-order valence-corrected chi connectivity index (χ3v) is 3.48. The molecule has 0 fully saturated rings. The zero-order valence-electron chi connectivity index (χ0n) is 12.6. The van der Waals surface area contributed by atoms with Gasteiger partial charge in [-0.05, 0) is 43.5 Å². The van der Waals surface area contributed by atoms with Gasteiger partial charge in [-0.2, -0.15) is 0 Å². The monoisotopic (exact) mass is 410 g/mol. The molecular weight excluding hydrogens is 390 g/mol. The van der Waals surface area contributed by atoms with Crippen molar-refractivity contribution in [1.82, 2.24) is 0 Å². The molecule has 0 atom stereocenters. The van der Waals surface area contributed by atoms with E-state index < -0.39 is 0 Å². The van der Waals surface area contributed by atoms with E-state index in [1.165, 1.54) is 0 Å². The van der Waals surface area contributed by atoms with Gasteiger partial charge in [-0.3, -0.25) is 4.79 Å². The summed E-state index contributed by atoms with van der Waals surface area (Å²) in [6, 6.07) is 11.3. The predicted octanol–water partition coefficient (Wildman–Crippen LogP) is 3.50. The molecule has 0 amide bonds. The molecule has 21 heavy (non-hydrogen) atoms. The summed E-state index contributed by atoms with van der Waals surface area (Å²) in [5.74, 6) is 0.348. The van der Waals surface area contributed by atoms with Crippen molar-refractivity contribution < 1.29 is 9.53 Å². The van der Waals surface area contributed by atoms with Crippen molar-refractivity contribution >= 4 is 41.5 Å². The van der Waals surface area contributed by atoms with Gasteiger partial charge in [0.05, 0.1) is 6.42 Å². The number of hydrogen-bond donors (Lipinski definition) is 0. The van der Waals surface area contributed by atoms with Crippen molar-refractivity contribution in [3.63, 3.8) is 0 Å². The normalized spacial score (nSPS) is 9.90. The number of carbonyl (C=O) groups excluding carboxylic acids is 1. The van der Waals surface area contributed by atoms with Gasteiger partial charge in [0.15, 0.2) is 0 Å². The summed E-state index contributed by atoms with van der Waals surface area (Å²) in [5.41, 5.74) is 3.87. The molecule has 0 aliphatic heterocycles. The van der Waals surface area contributed by atoms with Crippen molar-refractivity contribution in [2.75, 3.05) is 0 Å². The molecular formula is C17H19ClO2Sn. The molecule has 0 N–H and O–H groups in total. The van der Waals surface area contributed by atoms with Gasteiger partial charge in [0.1, 0.15) is 5.75 Å². The first-order valence-corrected chi connectivity index (χ1v) is 6.87. The van der Waals surface area contributed by atoms with E-state index in [1.54, 1.807) is 6.07 Å². The fraction of sp³-hybridized carbons (Fsp3) is 0.235. The summed E-state index contributed by atoms with van der Waals surface area (Å²) in [6.45, 7) is 5.91. The zero-order chi connectivity index (χ0) is 14.7. The number of hydrogen-bond acceptors (Lipinski definition) is 2. The van der Waals surface area contributed by atoms with Crippen LogP contribution in [0.4, 0.5) is 0 Å². The molecule has 2 aromatic rings. The van der Waals surface area contributed by atoms with Crippen molar-refractivity contribution in [3.05, 3.63) is 63.7 Å². The predicted molar refractivity (Wildman–Crippen MR) is 90.0 cm³/mol. The minimum absolute atomic E-state index is 0. The van der Waals surface area contributed by atoms with Crippen LogP contribution in [0.5, 0.6) is 5.75 Å². The Morgan fingerprint density at radius 2 is 1.67 bits per heavy atom. The Labute approximate surface area is 147 Å². The standard InChI is InChI=1S/C17H17ClO2.Sn.2H/c1-11-8-12(2)17(13(3)9-11)20-16(19)10-14-6-4-5-7-15(14)18;;;/h4-9H,10H2,1-3H3;;;. The molecule has 0 saturated carbocycles. The number of rotatable bonds is 3. The summed E-state index contributed by atoms with van der Waals surface area (Å²) in [4.78, 5) is 12.0. The van der Waals surface area contributed by atoms with Crippen LogP contribution in [0, 0.1) is 20.8 Å². The van der Waals surface area contributed by atoms with Crippen LogP contribution in [0.25, 0.3) is 0 Å². The average Bonchev–Trinajstić information content (AvgIpc) is 2.36. The van der Waals surface area contributed by atoms with Gasteiger partial charge in [-0.15, -0.1) is 0 Å². The van der Waals surface area contributed by atoms with Gasteiger partial charge in [0, 0.05) is 5.02 Å². The second-order valence-corrected chi connectivity index (χ2v) is 5.38. The second-order valence-electron chi connectivity index (χ2n) is 4.97. The Morgan fingerprint density at radius 3 is 2.24 bits per heavy atom. The number of benzene rings is 2. The third kappa shape index (κ3) is 4.75. The van der Waals surface area contributed by atoms with E-state index in [4.69, 9.17) is 16.3 Å². The van der Waals surface area contributed by atoms with Crippen molar-refractivity contribution in [1.29, 1.82) is 0 Å². The van der Waals surface area contributed by atoms with E-state index in [1.807, 2.05) is 51.1 Å². The van der Waals surface area contributed by atoms with Crippen LogP contribution < -0.4 is 4.74 Å². The fourth-order valence-electron chi connectivity index (χ4n) is 2.27. The van der Waals surface area contributed by atoms with Crippen molar-refractivity contribution in [2.45, 2.75) is 27.2 Å². The van der Waals surface area contributed by atoms with Gasteiger partial charge in [0.2, 0.25) is 0 Å². The van der Waals surface area contributed by atoms with Crippen LogP contribution in [-0.4, -0.2) is 29.9 Å². The molecule has 2 nitrogen and oxygen atoms in total. The van der Waals surface area contributed by atoms with E-state index >= 15 is 0 Å². The van der Waals surface area contributed by atoms with Crippen LogP contribution in [-0.2, 0) is 11.2 Å². The number of aryl methyl sites for hydroxylation is 3. The van der Waals surface area contributed by atoms with Crippen LogP contribution in [0.2, 0.25) is 5.02 Å². The molecule has 0 spiro atoms. The van der Waals surface area contributed by atoms with Crippen LogP contribution in [0.15, 0.2) is 36.4 Å². The number of ether oxygens (including phenoxy) is 1. The van der Waals surface area contributed by atoms with E-state index in [2.05, 4.69) is 0 Å². The topological polar surface area (TPSA) is 26.3 Å². The SMILES string of the molecule is Cc1cc(C)c(OC(=O)Cc2ccccc2Cl)c(C)c1.[SnH2]. The molecule has 110 valence electrons. The Morgan fingerprint density at radius 1 is 1.10 bits per heavy atom. The summed E-state index contributed by atoms with van der Waals surface area (Å²) in [5, 5.41) is 0.585. The van der Waals surface area contributed by atoms with E-state index in [0.717, 1.165) is 22.3 Å². The van der Waals surface area contributed by atoms with Gasteiger partial charge in [-0.1, -0.05) is 47.5 Å². The Kier molecular flexibility index (Phi) is 6.75. The number of halogens is 1. The molecule has 0 bridgehead atoms. The molecule has 0 aromatic heterocycles. The van der Waals surface area contributed by atoms with E-state index in [9.17, 15) is 4.79 Å². The number of carbonyl (C=O) groups is 1. The fourth-order valence-corrected chi connectivity index (χ4v) is 2.48. The maximum atomic E-state index is 12.0. The van der Waals surface area contributed by atoms with Crippen molar-refractivity contribution in [2.24, 2.45) is 0 Å².